The highest BCUT2D eigenvalue weighted by Crippen LogP contribution is 2.01. The highest BCUT2D eigenvalue weighted by atomic mass is 16.5. The van der Waals surface area contributed by atoms with Crippen molar-refractivity contribution in [3.05, 3.63) is 23.8 Å². The van der Waals surface area contributed by atoms with Gasteiger partial charge in [0.25, 0.3) is 5.52 Å². The smallest absolute Gasteiger partial charge is 0.272 e. The van der Waals surface area contributed by atoms with Gasteiger partial charge < -0.3 is 5.21 Å². The van der Waals surface area contributed by atoms with Crippen molar-refractivity contribution < 1.29 is 4.85 Å². The maximum absolute atomic E-state index is 10.8. The van der Waals surface area contributed by atoms with Crippen LogP contribution in [0.5, 0.6) is 0 Å². The quantitative estimate of drug-likeness (QED) is 0.395. The van der Waals surface area contributed by atoms with Gasteiger partial charge in [-0.1, -0.05) is 4.85 Å². The van der Waals surface area contributed by atoms with Crippen LogP contribution in [0, 0.1) is 5.21 Å². The first kappa shape index (κ1) is 5.16. The molecule has 2 rings (SSSR count). The van der Waals surface area contributed by atoms with E-state index in [2.05, 4.69) is 15.3 Å². The molecule has 5 heteroatoms. The van der Waals surface area contributed by atoms with Crippen molar-refractivity contribution in [3.63, 3.8) is 0 Å². The van der Waals surface area contributed by atoms with E-state index < -0.39 is 0 Å². The van der Waals surface area contributed by atoms with E-state index in [0.29, 0.717) is 10.4 Å². The number of hydrogen-bond donors (Lipinski definition) is 1. The standard InChI is InChI=1S/C5H4N4O/c10-9-5-3-7-6-1-4(5)2-8-9/h1-3,8H. The van der Waals surface area contributed by atoms with Gasteiger partial charge in [-0.15, -0.1) is 0 Å². The Kier molecular flexibility index (Phi) is 0.858. The van der Waals surface area contributed by atoms with Crippen LogP contribution in [0.25, 0.3) is 10.9 Å². The van der Waals surface area contributed by atoms with Crippen LogP contribution in [0.15, 0.2) is 18.6 Å². The first-order chi connectivity index (χ1) is 4.88. The van der Waals surface area contributed by atoms with Crippen LogP contribution in [-0.4, -0.2) is 15.3 Å². The normalized spacial score (nSPS) is 10.4. The zero-order chi connectivity index (χ0) is 6.97. The van der Waals surface area contributed by atoms with Crippen molar-refractivity contribution in [2.24, 2.45) is 0 Å². The minimum absolute atomic E-state index is 0.509. The molecule has 0 aliphatic carbocycles. The number of fused-ring (bicyclic) bond motifs is 1. The van der Waals surface area contributed by atoms with Gasteiger partial charge in [-0.05, 0) is 0 Å². The summed E-state index contributed by atoms with van der Waals surface area (Å²) in [5.41, 5.74) is 0.509. The number of nitrogens with zero attached hydrogens (tertiary/aromatic N) is 3. The first-order valence-corrected chi connectivity index (χ1v) is 2.75. The van der Waals surface area contributed by atoms with Crippen molar-refractivity contribution in [1.29, 1.82) is 0 Å². The Morgan fingerprint density at radius 1 is 1.40 bits per heavy atom. The summed E-state index contributed by atoms with van der Waals surface area (Å²) in [5.74, 6) is 0. The van der Waals surface area contributed by atoms with E-state index in [1.807, 2.05) is 0 Å². The Balaban J connectivity index is 2.93. The van der Waals surface area contributed by atoms with Crippen molar-refractivity contribution >= 4 is 10.9 Å². The lowest BCUT2D eigenvalue weighted by Crippen LogP contribution is -2.27. The van der Waals surface area contributed by atoms with Gasteiger partial charge in [-0.25, -0.2) is 0 Å². The molecule has 50 valence electrons. The molecule has 0 bridgehead atoms. The second-order valence-corrected chi connectivity index (χ2v) is 1.90. The molecule has 0 aliphatic rings. The SMILES string of the molecule is [O-][n+]1[nH]cc2cnncc21. The Morgan fingerprint density at radius 3 is 3.00 bits per heavy atom. The van der Waals surface area contributed by atoms with Gasteiger partial charge in [0, 0.05) is 0 Å². The van der Waals surface area contributed by atoms with E-state index in [0.717, 1.165) is 5.39 Å². The van der Waals surface area contributed by atoms with Crippen LogP contribution < -0.4 is 4.85 Å². The molecule has 2 heterocycles. The van der Waals surface area contributed by atoms with Gasteiger partial charge in [0.2, 0.25) is 0 Å². The largest absolute Gasteiger partial charge is 0.596 e. The first-order valence-electron chi connectivity index (χ1n) is 2.75. The number of rotatable bonds is 0. The van der Waals surface area contributed by atoms with Crippen molar-refractivity contribution in [2.45, 2.75) is 0 Å². The monoisotopic (exact) mass is 136 g/mol. The predicted molar refractivity (Wildman–Crippen MR) is 32.8 cm³/mol. The molecule has 1 N–H and O–H groups in total. The molecule has 0 unspecified atom stereocenters. The molecule has 0 fully saturated rings. The summed E-state index contributed by atoms with van der Waals surface area (Å²) in [4.78, 5) is 0.643. The topological polar surface area (TPSA) is 68.5 Å². The van der Waals surface area contributed by atoms with Crippen molar-refractivity contribution in [1.82, 2.24) is 15.3 Å². The maximum Gasteiger partial charge on any atom is 0.272 e. The summed E-state index contributed by atoms with van der Waals surface area (Å²) >= 11 is 0. The van der Waals surface area contributed by atoms with E-state index in [4.69, 9.17) is 0 Å². The Morgan fingerprint density at radius 2 is 2.20 bits per heavy atom. The lowest BCUT2D eigenvalue weighted by Gasteiger charge is -1.86. The highest BCUT2D eigenvalue weighted by Gasteiger charge is 2.03. The van der Waals surface area contributed by atoms with Crippen LogP contribution in [0.4, 0.5) is 0 Å². The lowest BCUT2D eigenvalue weighted by molar-refractivity contribution is -0.639. The Labute approximate surface area is 55.9 Å². The zero-order valence-electron chi connectivity index (χ0n) is 4.98. The van der Waals surface area contributed by atoms with Crippen LogP contribution in [0.3, 0.4) is 0 Å². The van der Waals surface area contributed by atoms with Gasteiger partial charge in [0.15, 0.2) is 0 Å². The van der Waals surface area contributed by atoms with Gasteiger partial charge in [0.05, 0.1) is 17.8 Å². The second kappa shape index (κ2) is 1.66. The van der Waals surface area contributed by atoms with E-state index in [-0.39, 0.29) is 0 Å². The predicted octanol–water partition coefficient (Wildman–Crippen LogP) is -0.409. The lowest BCUT2D eigenvalue weighted by atomic mass is 10.4. The number of hydrogen-bond acceptors (Lipinski definition) is 3. The van der Waals surface area contributed by atoms with Gasteiger partial charge in [-0.2, -0.15) is 15.3 Å². The molecular weight excluding hydrogens is 132 g/mol. The maximum atomic E-state index is 10.8. The number of aromatic nitrogens is 4. The van der Waals surface area contributed by atoms with E-state index >= 15 is 0 Å². The van der Waals surface area contributed by atoms with E-state index in [9.17, 15) is 5.21 Å². The molecule has 0 saturated heterocycles. The van der Waals surface area contributed by atoms with E-state index in [1.165, 1.54) is 12.4 Å². The van der Waals surface area contributed by atoms with Gasteiger partial charge >= 0.3 is 0 Å². The molecular formula is C5H4N4O. The fraction of sp³-hybridized carbons (Fsp3) is 0. The molecule has 2 aromatic rings. The van der Waals surface area contributed by atoms with E-state index in [1.54, 1.807) is 6.20 Å². The fourth-order valence-corrected chi connectivity index (χ4v) is 0.803. The molecule has 0 radical (unpaired) electrons. The molecule has 0 spiro atoms. The molecule has 0 aromatic carbocycles. The number of H-pyrrole nitrogens is 1. The van der Waals surface area contributed by atoms with Gasteiger partial charge in [0.1, 0.15) is 6.20 Å². The van der Waals surface area contributed by atoms with Crippen LogP contribution in [0.2, 0.25) is 0 Å². The molecule has 0 amide bonds. The molecule has 2 aromatic heterocycles. The summed E-state index contributed by atoms with van der Waals surface area (Å²) in [7, 11) is 0. The summed E-state index contributed by atoms with van der Waals surface area (Å²) in [6, 6.07) is 0. The molecule has 0 saturated carbocycles. The third kappa shape index (κ3) is 0.540. The fourth-order valence-electron chi connectivity index (χ4n) is 0.803. The Bertz CT molecular complexity index is 355. The minimum Gasteiger partial charge on any atom is -0.596 e. The van der Waals surface area contributed by atoms with Crippen LogP contribution in [0.1, 0.15) is 0 Å². The summed E-state index contributed by atoms with van der Waals surface area (Å²) in [5, 5.41) is 21.2. The number of nitrogens with one attached hydrogen (secondary N) is 1. The Hall–Kier alpha value is -1.65. The summed E-state index contributed by atoms with van der Waals surface area (Å²) < 4.78 is 0. The average Bonchev–Trinajstić information content (AvgIpc) is 2.34. The van der Waals surface area contributed by atoms with Crippen LogP contribution in [-0.2, 0) is 0 Å². The molecule has 0 atom stereocenters. The third-order valence-electron chi connectivity index (χ3n) is 1.30. The molecule has 0 aliphatic heterocycles. The zero-order valence-corrected chi connectivity index (χ0v) is 4.98. The summed E-state index contributed by atoms with van der Waals surface area (Å²) in [6.07, 6.45) is 4.52. The van der Waals surface area contributed by atoms with Gasteiger partial charge in [-0.3, -0.25) is 0 Å². The van der Waals surface area contributed by atoms with Crippen molar-refractivity contribution in [2.75, 3.05) is 0 Å². The minimum atomic E-state index is 0.509. The number of aromatic amines is 1. The third-order valence-corrected chi connectivity index (χ3v) is 1.30. The highest BCUT2D eigenvalue weighted by molar-refractivity contribution is 5.72. The molecule has 10 heavy (non-hydrogen) atoms. The average molecular weight is 136 g/mol. The summed E-state index contributed by atoms with van der Waals surface area (Å²) in [6.45, 7) is 0. The van der Waals surface area contributed by atoms with Crippen LogP contribution >= 0.6 is 0 Å². The molecule has 5 nitrogen and oxygen atoms in total. The van der Waals surface area contributed by atoms with Crippen molar-refractivity contribution in [3.8, 4) is 0 Å². The second-order valence-electron chi connectivity index (χ2n) is 1.90.